The maximum Gasteiger partial charge on any atom is 0.762 e. The van der Waals surface area contributed by atoms with Gasteiger partial charge in [0, 0.05) is 24.6 Å². The second kappa shape index (κ2) is 19.7. The number of carbonyl (C=O) groups excluding carboxylic acids is 1. The van der Waals surface area contributed by atoms with E-state index in [0.717, 1.165) is 31.6 Å². The van der Waals surface area contributed by atoms with E-state index in [-0.39, 0.29) is 11.5 Å². The lowest BCUT2D eigenvalue weighted by molar-refractivity contribution is -0.114. The number of ketones is 1. The molecular weight excluding hydrogens is 418 g/mol. The molecule has 4 nitrogen and oxygen atoms in total. The van der Waals surface area contributed by atoms with E-state index in [9.17, 15) is 22.8 Å². The molecule has 0 heterocycles. The minimum Gasteiger partial charge on any atom is -0.507 e. The highest BCUT2D eigenvalue weighted by Gasteiger charge is 2.07. The van der Waals surface area contributed by atoms with Gasteiger partial charge in [0.05, 0.1) is 6.61 Å². The first-order chi connectivity index (χ1) is 15.3. The summed E-state index contributed by atoms with van der Waals surface area (Å²) >= 11 is 0. The third-order valence-electron chi connectivity index (χ3n) is 4.77. The Morgan fingerprint density at radius 2 is 1.44 bits per heavy atom. The van der Waals surface area contributed by atoms with Crippen molar-refractivity contribution >= 4 is 19.1 Å². The highest BCUT2D eigenvalue weighted by molar-refractivity contribution is 6.33. The van der Waals surface area contributed by atoms with Crippen molar-refractivity contribution in [2.24, 2.45) is 0 Å². The van der Waals surface area contributed by atoms with Crippen molar-refractivity contribution in [1.82, 2.24) is 4.90 Å². The molecule has 0 bridgehead atoms. The molecule has 0 atom stereocenters. The Morgan fingerprint density at radius 3 is 1.94 bits per heavy atom. The Bertz CT molecular complexity index is 617. The number of ether oxygens (including phenoxy) is 1. The molecule has 1 rings (SSSR count). The molecule has 32 heavy (non-hydrogen) atoms. The molecular formula is C24H39BF3NO3. The molecule has 0 saturated carbocycles. The normalized spacial score (nSPS) is 11.2. The lowest BCUT2D eigenvalue weighted by Gasteiger charge is -2.21. The first-order valence-electron chi connectivity index (χ1n) is 11.6. The number of nitrogens with zero attached hydrogens (tertiary/aromatic N) is 1. The molecule has 8 heteroatoms. The number of rotatable bonds is 16. The van der Waals surface area contributed by atoms with Gasteiger partial charge in [0.2, 0.25) is 0 Å². The summed E-state index contributed by atoms with van der Waals surface area (Å²) < 4.78 is 34.8. The van der Waals surface area contributed by atoms with Crippen LogP contribution in [0.15, 0.2) is 30.3 Å². The summed E-state index contributed by atoms with van der Waals surface area (Å²) in [5.41, 5.74) is 0.641. The molecule has 182 valence electrons. The van der Waals surface area contributed by atoms with Crippen molar-refractivity contribution in [3.05, 3.63) is 35.9 Å². The molecule has 0 amide bonds. The van der Waals surface area contributed by atoms with E-state index in [1.807, 2.05) is 19.1 Å². The predicted octanol–water partition coefficient (Wildman–Crippen LogP) is 6.90. The average molecular weight is 457 g/mol. The Balaban J connectivity index is 0.00000220. The van der Waals surface area contributed by atoms with E-state index in [2.05, 4.69) is 18.7 Å². The van der Waals surface area contributed by atoms with Crippen LogP contribution in [0.3, 0.4) is 0 Å². The topological polar surface area (TPSA) is 49.8 Å². The molecule has 1 N–H and O–H groups in total. The zero-order valence-electron chi connectivity index (χ0n) is 19.8. The lowest BCUT2D eigenvalue weighted by Crippen LogP contribution is -2.28. The van der Waals surface area contributed by atoms with Crippen molar-refractivity contribution in [3.8, 4) is 5.75 Å². The van der Waals surface area contributed by atoms with Crippen molar-refractivity contribution in [2.45, 2.75) is 72.1 Å². The second-order valence-corrected chi connectivity index (χ2v) is 7.62. The fourth-order valence-electron chi connectivity index (χ4n) is 2.96. The number of hydrogen-bond donors (Lipinski definition) is 1. The fraction of sp³-hybridized carbons (Fsp3) is 0.625. The van der Waals surface area contributed by atoms with E-state index in [0.29, 0.717) is 18.6 Å². The minimum absolute atomic E-state index is 0.0233. The summed E-state index contributed by atoms with van der Waals surface area (Å²) in [5, 5.41) is 10.1. The summed E-state index contributed by atoms with van der Waals surface area (Å²) in [6, 6.07) is 7.29. The highest BCUT2D eigenvalue weighted by atomic mass is 19.4. The molecule has 0 fully saturated rings. The largest absolute Gasteiger partial charge is 0.762 e. The van der Waals surface area contributed by atoms with Crippen LogP contribution >= 0.6 is 0 Å². The molecule has 0 aliphatic carbocycles. The van der Waals surface area contributed by atoms with E-state index < -0.39 is 7.54 Å². The maximum absolute atomic E-state index is 11.7. The molecule has 1 aromatic carbocycles. The van der Waals surface area contributed by atoms with Crippen LogP contribution in [0, 0.1) is 0 Å². The first-order valence-corrected chi connectivity index (χ1v) is 11.6. The molecule has 0 unspecified atom stereocenters. The fourth-order valence-corrected chi connectivity index (χ4v) is 2.96. The van der Waals surface area contributed by atoms with Crippen LogP contribution in [0.5, 0.6) is 5.75 Å². The van der Waals surface area contributed by atoms with Crippen LogP contribution in [0.2, 0.25) is 0 Å². The van der Waals surface area contributed by atoms with Crippen molar-refractivity contribution in [3.63, 3.8) is 0 Å². The number of aliphatic hydroxyl groups excluding tert-OH is 1. The minimum atomic E-state index is -3.67. The van der Waals surface area contributed by atoms with Gasteiger partial charge in [-0.2, -0.15) is 0 Å². The lowest BCUT2D eigenvalue weighted by atomic mass is 10.1. The monoisotopic (exact) mass is 457 g/mol. The van der Waals surface area contributed by atoms with E-state index >= 15 is 0 Å². The Morgan fingerprint density at radius 1 is 0.938 bits per heavy atom. The summed E-state index contributed by atoms with van der Waals surface area (Å²) in [4.78, 5) is 14.3. The van der Waals surface area contributed by atoms with Gasteiger partial charge in [0.25, 0.3) is 0 Å². The van der Waals surface area contributed by atoms with Crippen LogP contribution < -0.4 is 4.74 Å². The van der Waals surface area contributed by atoms with Crippen LogP contribution in [0.25, 0.3) is 5.76 Å². The molecule has 0 aliphatic rings. The number of benzene rings is 1. The van der Waals surface area contributed by atoms with Crippen LogP contribution in [0.4, 0.5) is 12.9 Å². The third kappa shape index (κ3) is 16.7. The van der Waals surface area contributed by atoms with Gasteiger partial charge in [-0.25, -0.2) is 0 Å². The van der Waals surface area contributed by atoms with Gasteiger partial charge >= 0.3 is 7.54 Å². The Kier molecular flexibility index (Phi) is 18.5. The van der Waals surface area contributed by atoms with Gasteiger partial charge in [-0.05, 0) is 63.0 Å². The van der Waals surface area contributed by atoms with Gasteiger partial charge in [-0.1, -0.05) is 40.0 Å². The summed E-state index contributed by atoms with van der Waals surface area (Å²) in [6.45, 7) is 10.6. The third-order valence-corrected chi connectivity index (χ3v) is 4.77. The van der Waals surface area contributed by atoms with Gasteiger partial charge < -0.3 is 14.7 Å². The second-order valence-electron chi connectivity index (χ2n) is 7.62. The van der Waals surface area contributed by atoms with Crippen molar-refractivity contribution < 1.29 is 27.6 Å². The van der Waals surface area contributed by atoms with Crippen molar-refractivity contribution in [1.29, 1.82) is 0 Å². The SMILES string of the molecule is CCCCC(=O)C=C(O)c1ccc(OCCCN(CCCC)CCCC)cc1.FB(F)F. The molecule has 1 aromatic rings. The zero-order valence-corrected chi connectivity index (χ0v) is 19.8. The van der Waals surface area contributed by atoms with E-state index in [4.69, 9.17) is 4.74 Å². The molecule has 0 aliphatic heterocycles. The van der Waals surface area contributed by atoms with Crippen molar-refractivity contribution in [2.75, 3.05) is 26.2 Å². The van der Waals surface area contributed by atoms with Crippen LogP contribution in [-0.2, 0) is 4.79 Å². The van der Waals surface area contributed by atoms with Gasteiger partial charge in [0.1, 0.15) is 11.5 Å². The summed E-state index contributed by atoms with van der Waals surface area (Å²) in [7, 11) is -3.67. The molecule has 0 radical (unpaired) electrons. The van der Waals surface area contributed by atoms with E-state index in [1.165, 1.54) is 44.8 Å². The number of unbranched alkanes of at least 4 members (excludes halogenated alkanes) is 3. The molecule has 0 aromatic heterocycles. The van der Waals surface area contributed by atoms with E-state index in [1.54, 1.807) is 12.1 Å². The maximum atomic E-state index is 11.7. The number of allylic oxidation sites excluding steroid dienone is 1. The summed E-state index contributed by atoms with van der Waals surface area (Å²) in [5.74, 6) is 0.785. The number of aliphatic hydroxyl groups is 1. The average Bonchev–Trinajstić information content (AvgIpc) is 2.76. The van der Waals surface area contributed by atoms with Gasteiger partial charge in [0.15, 0.2) is 5.78 Å². The zero-order chi connectivity index (χ0) is 24.2. The quantitative estimate of drug-likeness (QED) is 0.127. The summed E-state index contributed by atoms with van der Waals surface area (Å²) in [6.07, 6.45) is 9.61. The smallest absolute Gasteiger partial charge is 0.507 e. The Hall–Kier alpha value is -1.96. The number of hydrogen-bond acceptors (Lipinski definition) is 4. The number of carbonyl (C=O) groups is 1. The predicted molar refractivity (Wildman–Crippen MR) is 127 cm³/mol. The van der Waals surface area contributed by atoms with Gasteiger partial charge in [-0.15, -0.1) is 0 Å². The first kappa shape index (κ1) is 30.0. The molecule has 0 saturated heterocycles. The van der Waals surface area contributed by atoms with Gasteiger partial charge in [-0.3, -0.25) is 17.7 Å². The molecule has 0 spiro atoms. The highest BCUT2D eigenvalue weighted by Crippen LogP contribution is 2.18. The Labute approximate surface area is 192 Å². The van der Waals surface area contributed by atoms with Crippen LogP contribution in [0.1, 0.15) is 77.7 Å². The number of halogens is 3. The standard InChI is InChI=1S/C24H39NO3.BF3/c1-4-7-11-22(26)20-24(27)21-12-14-23(15-13-21)28-19-10-18-25(16-8-5-2)17-9-6-3;2-1(3)4/h12-15,20,27H,4-11,16-19H2,1-3H3;. The van der Waals surface area contributed by atoms with Crippen LogP contribution in [-0.4, -0.2) is 49.6 Å².